The van der Waals surface area contributed by atoms with Gasteiger partial charge in [-0.05, 0) is 0 Å². The number of aliphatic hydroxyl groups excluding tert-OH is 1. The van der Waals surface area contributed by atoms with Crippen LogP contribution in [-0.4, -0.2) is 38.2 Å². The first kappa shape index (κ1) is 10.4. The topological polar surface area (TPSA) is 127 Å². The zero-order valence-electron chi connectivity index (χ0n) is 7.51. The average Bonchev–Trinajstić information content (AvgIpc) is 2.68. The van der Waals surface area contributed by atoms with Gasteiger partial charge < -0.3 is 21.6 Å². The van der Waals surface area contributed by atoms with Crippen LogP contribution < -0.4 is 11.5 Å². The number of aromatic nitrogens is 4. The number of nitrogens with one attached hydrogen (secondary N) is 1. The van der Waals surface area contributed by atoms with Gasteiger partial charge in [-0.3, -0.25) is 0 Å². The summed E-state index contributed by atoms with van der Waals surface area (Å²) in [6.45, 7) is 0.472. The Morgan fingerprint density at radius 2 is 2.07 bits per heavy atom. The third-order valence-electron chi connectivity index (χ3n) is 1.37. The highest BCUT2D eigenvalue weighted by Gasteiger charge is 1.99. The molecule has 7 nitrogen and oxygen atoms in total. The molecule has 0 unspecified atom stereocenters. The molecule has 0 spiro atoms. The second-order valence-corrected chi connectivity index (χ2v) is 2.37. The van der Waals surface area contributed by atoms with Gasteiger partial charge in [-0.15, -0.1) is 0 Å². The van der Waals surface area contributed by atoms with Crippen molar-refractivity contribution in [1.29, 1.82) is 0 Å². The number of rotatable bonds is 1. The Balaban J connectivity index is 0.000000213. The van der Waals surface area contributed by atoms with E-state index in [1.165, 1.54) is 12.7 Å². The van der Waals surface area contributed by atoms with Crippen molar-refractivity contribution < 1.29 is 5.11 Å². The fourth-order valence-electron chi connectivity index (χ4n) is 0.783. The van der Waals surface area contributed by atoms with Gasteiger partial charge in [0.15, 0.2) is 11.5 Å². The van der Waals surface area contributed by atoms with Crippen LogP contribution in [0.3, 0.4) is 0 Å². The van der Waals surface area contributed by atoms with Crippen LogP contribution in [0, 0.1) is 0 Å². The number of hydrogen-bond donors (Lipinski definition) is 4. The highest BCUT2D eigenvalue weighted by Crippen LogP contribution is 2.09. The Morgan fingerprint density at radius 1 is 1.36 bits per heavy atom. The maximum Gasteiger partial charge on any atom is 0.162 e. The van der Waals surface area contributed by atoms with Crippen LogP contribution in [0.25, 0.3) is 11.2 Å². The van der Waals surface area contributed by atoms with Crippen LogP contribution in [0.4, 0.5) is 5.82 Å². The van der Waals surface area contributed by atoms with E-state index < -0.39 is 0 Å². The Labute approximate surface area is 80.2 Å². The Morgan fingerprint density at radius 3 is 2.64 bits per heavy atom. The second kappa shape index (κ2) is 5.10. The summed E-state index contributed by atoms with van der Waals surface area (Å²) in [7, 11) is 0. The molecule has 76 valence electrons. The smallest absolute Gasteiger partial charge is 0.162 e. The zero-order valence-corrected chi connectivity index (χ0v) is 7.51. The fraction of sp³-hybridized carbons (Fsp3) is 0.286. The third kappa shape index (κ3) is 2.38. The Hall–Kier alpha value is -1.73. The maximum absolute atomic E-state index is 7.75. The summed E-state index contributed by atoms with van der Waals surface area (Å²) >= 11 is 0. The maximum atomic E-state index is 7.75. The minimum Gasteiger partial charge on any atom is -0.395 e. The monoisotopic (exact) mass is 196 g/mol. The number of nitrogens with zero attached hydrogens (tertiary/aromatic N) is 3. The molecule has 7 heteroatoms. The number of nitrogens with two attached hydrogens (primary N) is 2. The van der Waals surface area contributed by atoms with Crippen molar-refractivity contribution in [3.63, 3.8) is 0 Å². The predicted molar refractivity (Wildman–Crippen MR) is 52.2 cm³/mol. The molecule has 2 aromatic rings. The lowest BCUT2D eigenvalue weighted by Crippen LogP contribution is -2.02. The molecule has 14 heavy (non-hydrogen) atoms. The molecule has 0 radical (unpaired) electrons. The van der Waals surface area contributed by atoms with Gasteiger partial charge in [0.1, 0.15) is 11.8 Å². The SMILES string of the molecule is NCCO.Nc1ncnc2[nH]cnc12. The van der Waals surface area contributed by atoms with E-state index in [9.17, 15) is 0 Å². The normalized spacial score (nSPS) is 9.57. The first-order valence-corrected chi connectivity index (χ1v) is 4.00. The van der Waals surface area contributed by atoms with E-state index in [4.69, 9.17) is 16.6 Å². The van der Waals surface area contributed by atoms with Crippen LogP contribution in [0.15, 0.2) is 12.7 Å². The average molecular weight is 196 g/mol. The van der Waals surface area contributed by atoms with E-state index >= 15 is 0 Å². The van der Waals surface area contributed by atoms with Crippen molar-refractivity contribution in [2.45, 2.75) is 0 Å². The lowest BCUT2D eigenvalue weighted by molar-refractivity contribution is 0.306. The van der Waals surface area contributed by atoms with Crippen LogP contribution in [0.5, 0.6) is 0 Å². The standard InChI is InChI=1S/C5H5N5.C2H7NO/c6-4-3-5(9-1-7-3)10-2-8-4;3-1-2-4/h1-2H,(H3,6,7,8,9,10);4H,1-3H2. The van der Waals surface area contributed by atoms with Crippen molar-refractivity contribution >= 4 is 17.0 Å². The molecule has 0 aliphatic carbocycles. The van der Waals surface area contributed by atoms with Gasteiger partial charge in [-0.25, -0.2) is 15.0 Å². The molecule has 0 saturated carbocycles. The van der Waals surface area contributed by atoms with E-state index in [1.54, 1.807) is 0 Å². The third-order valence-corrected chi connectivity index (χ3v) is 1.37. The number of fused-ring (bicyclic) bond motifs is 1. The molecule has 0 fully saturated rings. The number of H-pyrrole nitrogens is 1. The molecule has 0 amide bonds. The van der Waals surface area contributed by atoms with Gasteiger partial charge in [0, 0.05) is 6.54 Å². The van der Waals surface area contributed by atoms with E-state index in [1.807, 2.05) is 0 Å². The highest BCUT2D eigenvalue weighted by atomic mass is 16.3. The van der Waals surface area contributed by atoms with Gasteiger partial charge in [0.25, 0.3) is 0 Å². The predicted octanol–water partition coefficient (Wildman–Crippen LogP) is -1.13. The van der Waals surface area contributed by atoms with E-state index in [0.29, 0.717) is 23.5 Å². The van der Waals surface area contributed by atoms with Crippen LogP contribution in [0.1, 0.15) is 0 Å². The first-order valence-electron chi connectivity index (χ1n) is 4.00. The van der Waals surface area contributed by atoms with E-state index in [2.05, 4.69) is 19.9 Å². The molecule has 2 rings (SSSR count). The van der Waals surface area contributed by atoms with Crippen molar-refractivity contribution in [1.82, 2.24) is 19.9 Å². The number of aromatic amines is 1. The van der Waals surface area contributed by atoms with Crippen molar-refractivity contribution in [2.75, 3.05) is 18.9 Å². The number of hydrogen-bond acceptors (Lipinski definition) is 6. The molecule has 0 saturated heterocycles. The lowest BCUT2D eigenvalue weighted by Gasteiger charge is -1.88. The molecule has 0 atom stereocenters. The fourth-order valence-corrected chi connectivity index (χ4v) is 0.783. The minimum absolute atomic E-state index is 0.0972. The molecule has 6 N–H and O–H groups in total. The second-order valence-electron chi connectivity index (χ2n) is 2.37. The molecular formula is C7H12N6O. The first-order chi connectivity index (χ1) is 6.79. The van der Waals surface area contributed by atoms with Gasteiger partial charge in [-0.1, -0.05) is 0 Å². The summed E-state index contributed by atoms with van der Waals surface area (Å²) in [5.74, 6) is 0.409. The molecule has 2 aromatic heterocycles. The summed E-state index contributed by atoms with van der Waals surface area (Å²) in [5, 5.41) is 7.75. The molecular weight excluding hydrogens is 184 g/mol. The quantitative estimate of drug-likeness (QED) is 0.457. The summed E-state index contributed by atoms with van der Waals surface area (Å²) in [4.78, 5) is 14.4. The summed E-state index contributed by atoms with van der Waals surface area (Å²) in [6, 6.07) is 0. The minimum atomic E-state index is 0.0972. The molecule has 0 aliphatic rings. The summed E-state index contributed by atoms with van der Waals surface area (Å²) < 4.78 is 0. The summed E-state index contributed by atoms with van der Waals surface area (Å²) in [5.41, 5.74) is 11.5. The molecule has 0 bridgehead atoms. The number of anilines is 1. The number of nitrogen functional groups attached to an aromatic ring is 1. The molecule has 2 heterocycles. The van der Waals surface area contributed by atoms with Crippen LogP contribution in [-0.2, 0) is 0 Å². The van der Waals surface area contributed by atoms with Crippen molar-refractivity contribution in [3.8, 4) is 0 Å². The Bertz CT molecular complexity index is 384. The van der Waals surface area contributed by atoms with E-state index in [-0.39, 0.29) is 6.61 Å². The number of imidazole rings is 1. The lowest BCUT2D eigenvalue weighted by atomic mass is 10.5. The van der Waals surface area contributed by atoms with Crippen molar-refractivity contribution in [3.05, 3.63) is 12.7 Å². The largest absolute Gasteiger partial charge is 0.395 e. The van der Waals surface area contributed by atoms with Crippen LogP contribution >= 0.6 is 0 Å². The molecule has 0 aliphatic heterocycles. The van der Waals surface area contributed by atoms with Gasteiger partial charge in [-0.2, -0.15) is 0 Å². The number of aliphatic hydroxyl groups is 1. The van der Waals surface area contributed by atoms with Gasteiger partial charge in [0.05, 0.1) is 12.9 Å². The highest BCUT2D eigenvalue weighted by molar-refractivity contribution is 5.80. The molecule has 0 aromatic carbocycles. The van der Waals surface area contributed by atoms with Crippen LogP contribution in [0.2, 0.25) is 0 Å². The van der Waals surface area contributed by atoms with Crippen molar-refractivity contribution in [2.24, 2.45) is 5.73 Å². The Kier molecular flexibility index (Phi) is 3.77. The zero-order chi connectivity index (χ0) is 10.4. The summed E-state index contributed by atoms with van der Waals surface area (Å²) in [6.07, 6.45) is 2.94. The van der Waals surface area contributed by atoms with Gasteiger partial charge >= 0.3 is 0 Å². The van der Waals surface area contributed by atoms with E-state index in [0.717, 1.165) is 0 Å². The van der Waals surface area contributed by atoms with Gasteiger partial charge in [0.2, 0.25) is 0 Å².